The lowest BCUT2D eigenvalue weighted by molar-refractivity contribution is 0.544. The van der Waals surface area contributed by atoms with E-state index in [0.29, 0.717) is 28.6 Å². The average molecular weight is 1250 g/mol. The van der Waals surface area contributed by atoms with Crippen molar-refractivity contribution in [2.75, 3.05) is 0 Å². The Labute approximate surface area is 563 Å². The van der Waals surface area contributed by atoms with Gasteiger partial charge in [-0.15, -0.1) is 32.1 Å². The van der Waals surface area contributed by atoms with E-state index in [0.717, 1.165) is 45.7 Å². The van der Waals surface area contributed by atoms with Crippen LogP contribution in [-0.2, 0) is 43.3 Å². The van der Waals surface area contributed by atoms with E-state index in [1.54, 1.807) is 24.7 Å². The summed E-state index contributed by atoms with van der Waals surface area (Å²) in [5, 5.41) is 0. The molecule has 490 valence electrons. The van der Waals surface area contributed by atoms with E-state index in [9.17, 15) is 0 Å². The molecule has 0 unspecified atom stereocenters. The molecule has 0 fully saturated rings. The lowest BCUT2D eigenvalue weighted by Crippen LogP contribution is -2.16. The molecule has 0 amide bonds. The van der Waals surface area contributed by atoms with E-state index in [2.05, 4.69) is 288 Å². The number of hydrogen-bond acceptors (Lipinski definition) is 11. The molecule has 0 radical (unpaired) electrons. The van der Waals surface area contributed by atoms with Gasteiger partial charge in [0.25, 0.3) is 0 Å². The molecule has 0 aliphatic rings. The average Bonchev–Trinajstić information content (AvgIpc) is 1.26. The van der Waals surface area contributed by atoms with Crippen molar-refractivity contribution in [3.63, 3.8) is 0 Å². The first-order valence-corrected chi connectivity index (χ1v) is 31.3. The summed E-state index contributed by atoms with van der Waals surface area (Å²) in [5.74, 6) is 13.7. The second-order valence-corrected chi connectivity index (χ2v) is 30.4. The zero-order valence-electron chi connectivity index (χ0n) is 61.4. The van der Waals surface area contributed by atoms with Crippen LogP contribution in [0.1, 0.15) is 257 Å². The Morgan fingerprint density at radius 1 is 0.290 bits per heavy atom. The van der Waals surface area contributed by atoms with Crippen LogP contribution >= 0.6 is 0 Å². The van der Waals surface area contributed by atoms with Crippen LogP contribution in [0.2, 0.25) is 0 Å². The van der Waals surface area contributed by atoms with Crippen molar-refractivity contribution < 1.29 is 0 Å². The van der Waals surface area contributed by atoms with Crippen LogP contribution in [0.4, 0.5) is 0 Å². The molecule has 0 spiro atoms. The zero-order chi connectivity index (χ0) is 71.4. The summed E-state index contributed by atoms with van der Waals surface area (Å²) < 4.78 is 0. The molecule has 0 saturated heterocycles. The Bertz CT molecular complexity index is 3370. The standard InChI is InChI=1S/2C11H13N.3C10H12N2.3C10H15N/c1-5-10-8-9(6-7-12-10)11(2,3)4;1-5-9-7-6-8-10(12-9)11(2,3)4;1-5-8-6-9(10(2,3)4)12-7-11-8;1-5-9-11-7-6-8(12-9)10(2,3)4;1-5-8-6-7-11-9(12-8)10(2,3)4;1-8-7-9(5-6-11-8)10(2,3)4;1-8-9(10(2,3)4)6-5-7-11-8;1-8-6-5-7-9(11-8)10(2,3)4/h2*1,6-8H,2-4H3;3*1,6-7H,2-4H3;3*5-7H,1-4H3. The fraction of sp³-hybridized carbons (Fsp3) is 0.427. The largest absolute Gasteiger partial charge is 0.262 e. The lowest BCUT2D eigenvalue weighted by Gasteiger charge is -2.20. The van der Waals surface area contributed by atoms with Gasteiger partial charge in [0.05, 0.1) is 11.4 Å². The number of terminal acetylenes is 5. The molecule has 11 nitrogen and oxygen atoms in total. The van der Waals surface area contributed by atoms with Crippen molar-refractivity contribution in [1.82, 2.24) is 54.8 Å². The van der Waals surface area contributed by atoms with Crippen molar-refractivity contribution in [3.05, 3.63) is 219 Å². The maximum Gasteiger partial charge on any atom is 0.204 e. The van der Waals surface area contributed by atoms with Gasteiger partial charge < -0.3 is 0 Å². The topological polar surface area (TPSA) is 142 Å². The first kappa shape index (κ1) is 81.8. The molecule has 0 atom stereocenters. The van der Waals surface area contributed by atoms with E-state index in [4.69, 9.17) is 32.1 Å². The van der Waals surface area contributed by atoms with Crippen LogP contribution in [0.5, 0.6) is 0 Å². The summed E-state index contributed by atoms with van der Waals surface area (Å²) in [6, 6.07) is 29.7. The van der Waals surface area contributed by atoms with Crippen LogP contribution in [0.25, 0.3) is 0 Å². The smallest absolute Gasteiger partial charge is 0.204 e. The molecule has 0 aliphatic carbocycles. The number of rotatable bonds is 0. The van der Waals surface area contributed by atoms with Crippen molar-refractivity contribution >= 4 is 0 Å². The minimum absolute atomic E-state index is 0.0349. The van der Waals surface area contributed by atoms with Gasteiger partial charge in [-0.2, -0.15) is 0 Å². The van der Waals surface area contributed by atoms with Gasteiger partial charge in [-0.3, -0.25) is 15.0 Å². The molecule has 0 saturated carbocycles. The maximum atomic E-state index is 5.25. The summed E-state index contributed by atoms with van der Waals surface area (Å²) in [7, 11) is 0. The summed E-state index contributed by atoms with van der Waals surface area (Å²) in [6.07, 6.45) is 36.5. The molecule has 0 aliphatic heterocycles. The molecule has 0 N–H and O–H groups in total. The summed E-state index contributed by atoms with van der Waals surface area (Å²) >= 11 is 0. The van der Waals surface area contributed by atoms with Crippen molar-refractivity contribution in [2.45, 2.75) is 230 Å². The van der Waals surface area contributed by atoms with Crippen molar-refractivity contribution in [2.24, 2.45) is 0 Å². The number of aryl methyl sites for hydroxylation is 3. The molecule has 8 aromatic rings. The molecule has 8 aromatic heterocycles. The Morgan fingerprint density at radius 2 is 0.753 bits per heavy atom. The van der Waals surface area contributed by atoms with Crippen LogP contribution < -0.4 is 0 Å². The summed E-state index contributed by atoms with van der Waals surface area (Å²) in [4.78, 5) is 45.8. The van der Waals surface area contributed by atoms with Gasteiger partial charge in [0.2, 0.25) is 5.82 Å². The van der Waals surface area contributed by atoms with E-state index in [-0.39, 0.29) is 43.3 Å². The number of pyridine rings is 5. The maximum absolute atomic E-state index is 5.25. The molecule has 93 heavy (non-hydrogen) atoms. The monoisotopic (exact) mass is 1250 g/mol. The van der Waals surface area contributed by atoms with Gasteiger partial charge in [0, 0.05) is 86.5 Å². The number of nitrogens with zero attached hydrogens (tertiary/aromatic N) is 11. The summed E-state index contributed by atoms with van der Waals surface area (Å²) in [6.45, 7) is 57.4. The quantitative estimate of drug-likeness (QED) is 0.134. The molecule has 0 bridgehead atoms. The van der Waals surface area contributed by atoms with Crippen molar-refractivity contribution in [1.29, 1.82) is 0 Å². The van der Waals surface area contributed by atoms with Crippen molar-refractivity contribution in [3.8, 4) is 61.7 Å². The molecular formula is C82H107N11. The highest BCUT2D eigenvalue weighted by molar-refractivity contribution is 5.33. The third-order valence-electron chi connectivity index (χ3n) is 13.3. The van der Waals surface area contributed by atoms with Crippen LogP contribution in [0, 0.1) is 82.5 Å². The fourth-order valence-corrected chi connectivity index (χ4v) is 7.65. The fourth-order valence-electron chi connectivity index (χ4n) is 7.65. The Hall–Kier alpha value is -9.21. The lowest BCUT2D eigenvalue weighted by atomic mass is 9.86. The minimum atomic E-state index is -0.0349. The number of hydrogen-bond donors (Lipinski definition) is 0. The first-order chi connectivity index (χ1) is 42.7. The summed E-state index contributed by atoms with van der Waals surface area (Å²) in [5.41, 5.74) is 15.0. The Kier molecular flexibility index (Phi) is 31.8. The zero-order valence-corrected chi connectivity index (χ0v) is 61.4. The van der Waals surface area contributed by atoms with Crippen LogP contribution in [0.3, 0.4) is 0 Å². The van der Waals surface area contributed by atoms with E-state index in [1.807, 2.05) is 80.8 Å². The minimum Gasteiger partial charge on any atom is -0.262 e. The van der Waals surface area contributed by atoms with Gasteiger partial charge in [-0.25, -0.2) is 39.9 Å². The highest BCUT2D eigenvalue weighted by atomic mass is 14.9. The predicted octanol–water partition coefficient (Wildman–Crippen LogP) is 18.0. The predicted molar refractivity (Wildman–Crippen MR) is 391 cm³/mol. The van der Waals surface area contributed by atoms with Gasteiger partial charge in [-0.05, 0) is 132 Å². The van der Waals surface area contributed by atoms with Gasteiger partial charge in [0.1, 0.15) is 34.9 Å². The van der Waals surface area contributed by atoms with Gasteiger partial charge in [0.15, 0.2) is 0 Å². The number of aromatic nitrogens is 11. The highest BCUT2D eigenvalue weighted by Gasteiger charge is 2.20. The van der Waals surface area contributed by atoms with Gasteiger partial charge >= 0.3 is 0 Å². The normalized spacial score (nSPS) is 11.1. The van der Waals surface area contributed by atoms with E-state index in [1.165, 1.54) is 23.0 Å². The first-order valence-electron chi connectivity index (χ1n) is 31.3. The second kappa shape index (κ2) is 36.1. The Balaban J connectivity index is 0.000000532. The second-order valence-electron chi connectivity index (χ2n) is 30.4. The molecular weight excluding hydrogens is 1140 g/mol. The SMILES string of the molecule is C#Cc1cc(C(C)(C)C)ccn1.C#Cc1cc(C(C)(C)C)ncn1.C#Cc1cccc(C(C)(C)C)n1.C#Cc1ccnc(C(C)(C)C)n1.C#Cc1nccc(C(C)(C)C)n1.Cc1cc(C(C)(C)C)ccn1.Cc1cccc(C(C)(C)C)n1.Cc1ncccc1C(C)(C)C. The third kappa shape index (κ3) is 32.1. The van der Waals surface area contributed by atoms with Gasteiger partial charge in [-0.1, -0.05) is 208 Å². The molecule has 11 heteroatoms. The molecule has 8 rings (SSSR count). The molecule has 8 heterocycles. The van der Waals surface area contributed by atoms with Crippen LogP contribution in [-0.4, -0.2) is 54.8 Å². The molecule has 0 aromatic carbocycles. The van der Waals surface area contributed by atoms with Crippen LogP contribution in [0.15, 0.2) is 128 Å². The van der Waals surface area contributed by atoms with E-state index >= 15 is 0 Å². The van der Waals surface area contributed by atoms with E-state index < -0.39 is 0 Å². The third-order valence-corrected chi connectivity index (χ3v) is 13.3. The highest BCUT2D eigenvalue weighted by Crippen LogP contribution is 2.26. The Morgan fingerprint density at radius 3 is 1.18 bits per heavy atom.